The molecular formula is C51H63F2N7O6. The number of aromatic nitrogens is 2. The molecule has 6 heterocycles. The molecule has 1 aliphatic carbocycles. The van der Waals surface area contributed by atoms with E-state index in [0.717, 1.165) is 104 Å². The van der Waals surface area contributed by atoms with E-state index in [1.807, 2.05) is 11.8 Å². The van der Waals surface area contributed by atoms with Gasteiger partial charge in [0, 0.05) is 72.9 Å². The summed E-state index contributed by atoms with van der Waals surface area (Å²) in [6, 6.07) is 6.12. The van der Waals surface area contributed by atoms with Crippen LogP contribution in [0.5, 0.6) is 0 Å². The number of nitrogens with zero attached hydrogens (tertiary/aromatic N) is 6. The van der Waals surface area contributed by atoms with E-state index >= 15 is 0 Å². The summed E-state index contributed by atoms with van der Waals surface area (Å²) in [6.07, 6.45) is 10.1. The second-order valence-electron chi connectivity index (χ2n) is 18.9. The SMILES string of the molecule is C=C1CCC(N2C(=O)c3cc(CC)c(CCCC(=O)N4CCC(n5nc(N6CCCc7cc(C(=O)N8CCCCC8)c(C(F)F)cc76)c6c5CCCC6)CC4)cc3C2=O)C(=O)N1.CC(C)=O. The molecule has 1 atom stereocenters. The van der Waals surface area contributed by atoms with Crippen molar-refractivity contribution in [1.29, 1.82) is 0 Å². The van der Waals surface area contributed by atoms with Crippen LogP contribution in [0.25, 0.3) is 0 Å². The smallest absolute Gasteiger partial charge is 0.264 e. The van der Waals surface area contributed by atoms with Crippen LogP contribution in [0, 0.1) is 0 Å². The lowest BCUT2D eigenvalue weighted by atomic mass is 9.92. The number of nitrogens with one attached hydrogen (secondary N) is 1. The molecule has 2 aromatic carbocycles. The zero-order chi connectivity index (χ0) is 46.8. The number of hydrogen-bond acceptors (Lipinski definition) is 8. The van der Waals surface area contributed by atoms with Crippen LogP contribution in [0.4, 0.5) is 20.3 Å². The standard InChI is InChI=1S/C48H57F2N7O5.C3H6O/c1-3-30-25-37-38(48(62)56(47(37)61)40-17-16-29(2)51-45(40)59)26-31(30)11-9-15-42(58)53-23-18-33(19-24-53)57-39-14-6-5-13-34(39)44(52-57)55-22-10-12-32-27-36(35(43(49)50)28-41(32)55)46(60)54-20-7-4-8-21-54;1-3(2)4/h25-28,33,40,43H,2-24H2,1H3,(H,51,59);1-2H3. The third kappa shape index (κ3) is 9.44. The van der Waals surface area contributed by atoms with Crippen molar-refractivity contribution in [3.05, 3.63) is 86.7 Å². The number of allylic oxidation sites excluding steroid dienone is 1. The number of fused-ring (bicyclic) bond motifs is 3. The monoisotopic (exact) mass is 907 g/mol. The minimum Gasteiger partial charge on any atom is -0.343 e. The number of alkyl halides is 2. The zero-order valence-corrected chi connectivity index (χ0v) is 38.7. The average Bonchev–Trinajstić information content (AvgIpc) is 3.81. The summed E-state index contributed by atoms with van der Waals surface area (Å²) in [7, 11) is 0. The highest BCUT2D eigenvalue weighted by molar-refractivity contribution is 6.23. The van der Waals surface area contributed by atoms with Gasteiger partial charge in [-0.2, -0.15) is 5.10 Å². The molecule has 5 amide bonds. The zero-order valence-electron chi connectivity index (χ0n) is 38.7. The molecule has 1 N–H and O–H groups in total. The van der Waals surface area contributed by atoms with Crippen molar-refractivity contribution >= 4 is 46.8 Å². The summed E-state index contributed by atoms with van der Waals surface area (Å²) >= 11 is 0. The van der Waals surface area contributed by atoms with Gasteiger partial charge < -0.3 is 24.8 Å². The lowest BCUT2D eigenvalue weighted by Gasteiger charge is -2.33. The third-order valence-electron chi connectivity index (χ3n) is 14.2. The van der Waals surface area contributed by atoms with Gasteiger partial charge in [-0.3, -0.25) is 33.6 Å². The van der Waals surface area contributed by atoms with Crippen molar-refractivity contribution in [1.82, 2.24) is 29.8 Å². The van der Waals surface area contributed by atoms with Gasteiger partial charge in [0.05, 0.1) is 17.2 Å². The molecule has 3 aromatic rings. The molecule has 6 aliphatic rings. The molecule has 1 aromatic heterocycles. The number of anilines is 2. The van der Waals surface area contributed by atoms with Crippen molar-refractivity contribution in [3.8, 4) is 0 Å². The van der Waals surface area contributed by atoms with Crippen molar-refractivity contribution < 1.29 is 37.5 Å². The Labute approximate surface area is 385 Å². The Morgan fingerprint density at radius 3 is 2.15 bits per heavy atom. The lowest BCUT2D eigenvalue weighted by Crippen LogP contribution is -2.51. The number of hydrogen-bond donors (Lipinski definition) is 1. The van der Waals surface area contributed by atoms with E-state index in [0.29, 0.717) is 88.1 Å². The number of amides is 5. The van der Waals surface area contributed by atoms with Crippen LogP contribution in [-0.4, -0.2) is 98.6 Å². The molecule has 66 heavy (non-hydrogen) atoms. The molecule has 9 rings (SSSR count). The van der Waals surface area contributed by atoms with Gasteiger partial charge in [0.1, 0.15) is 11.8 Å². The molecular weight excluding hydrogens is 845 g/mol. The highest BCUT2D eigenvalue weighted by Crippen LogP contribution is 2.43. The second-order valence-corrected chi connectivity index (χ2v) is 18.9. The number of benzene rings is 2. The first-order valence-corrected chi connectivity index (χ1v) is 24.1. The summed E-state index contributed by atoms with van der Waals surface area (Å²) in [6.45, 7) is 12.0. The van der Waals surface area contributed by atoms with Crippen molar-refractivity contribution in [3.63, 3.8) is 0 Å². The van der Waals surface area contributed by atoms with Gasteiger partial charge in [0.2, 0.25) is 11.8 Å². The van der Waals surface area contributed by atoms with Gasteiger partial charge in [-0.1, -0.05) is 13.5 Å². The normalized spacial score (nSPS) is 19.9. The van der Waals surface area contributed by atoms with Gasteiger partial charge in [-0.05, 0) is 158 Å². The average molecular weight is 908 g/mol. The van der Waals surface area contributed by atoms with E-state index in [1.54, 1.807) is 29.2 Å². The van der Waals surface area contributed by atoms with Crippen LogP contribution in [0.15, 0.2) is 36.5 Å². The minimum atomic E-state index is -2.77. The fourth-order valence-corrected chi connectivity index (χ4v) is 10.8. The summed E-state index contributed by atoms with van der Waals surface area (Å²) < 4.78 is 31.6. The highest BCUT2D eigenvalue weighted by atomic mass is 19.3. The molecule has 3 fully saturated rings. The first-order chi connectivity index (χ1) is 31.7. The largest absolute Gasteiger partial charge is 0.343 e. The van der Waals surface area contributed by atoms with E-state index in [4.69, 9.17) is 5.10 Å². The van der Waals surface area contributed by atoms with Crippen LogP contribution in [0.1, 0.15) is 175 Å². The number of imide groups is 1. The van der Waals surface area contributed by atoms with Crippen LogP contribution in [0.3, 0.4) is 0 Å². The van der Waals surface area contributed by atoms with Gasteiger partial charge in [0.15, 0.2) is 5.82 Å². The quantitative estimate of drug-likeness (QED) is 0.201. The Bertz CT molecular complexity index is 2430. The Morgan fingerprint density at radius 1 is 0.803 bits per heavy atom. The predicted molar refractivity (Wildman–Crippen MR) is 246 cm³/mol. The first-order valence-electron chi connectivity index (χ1n) is 24.1. The molecule has 0 bridgehead atoms. The maximum atomic E-state index is 14.7. The number of rotatable bonds is 10. The molecule has 3 saturated heterocycles. The van der Waals surface area contributed by atoms with Gasteiger partial charge >= 0.3 is 0 Å². The topological polar surface area (TPSA) is 145 Å². The number of carbonyl (C=O) groups is 6. The van der Waals surface area contributed by atoms with E-state index in [-0.39, 0.29) is 34.8 Å². The van der Waals surface area contributed by atoms with Gasteiger partial charge in [-0.25, -0.2) is 8.78 Å². The number of halogens is 2. The molecule has 0 saturated carbocycles. The molecule has 5 aliphatic heterocycles. The minimum absolute atomic E-state index is 0.0889. The number of aryl methyl sites for hydroxylation is 3. The summed E-state index contributed by atoms with van der Waals surface area (Å²) in [5.41, 5.74) is 7.10. The fraction of sp³-hybridized carbons (Fsp3) is 0.549. The summed E-state index contributed by atoms with van der Waals surface area (Å²) in [4.78, 5) is 83.1. The lowest BCUT2D eigenvalue weighted by molar-refractivity contribution is -0.132. The Kier molecular flexibility index (Phi) is 14.2. The summed E-state index contributed by atoms with van der Waals surface area (Å²) in [5.74, 6) is -0.484. The molecule has 352 valence electrons. The van der Waals surface area contributed by atoms with E-state index in [2.05, 4.69) is 21.5 Å². The molecule has 0 spiro atoms. The van der Waals surface area contributed by atoms with Gasteiger partial charge in [0.25, 0.3) is 24.1 Å². The van der Waals surface area contributed by atoms with E-state index in [9.17, 15) is 37.5 Å². The van der Waals surface area contributed by atoms with Crippen LogP contribution in [0.2, 0.25) is 0 Å². The van der Waals surface area contributed by atoms with Crippen LogP contribution >= 0.6 is 0 Å². The number of ketones is 1. The Hall–Kier alpha value is -5.73. The number of piperidine rings is 3. The van der Waals surface area contributed by atoms with Crippen LogP contribution in [-0.2, 0) is 46.5 Å². The molecule has 0 radical (unpaired) electrons. The Balaban J connectivity index is 0.00000142. The van der Waals surface area contributed by atoms with Crippen LogP contribution < -0.4 is 10.2 Å². The maximum absolute atomic E-state index is 14.7. The van der Waals surface area contributed by atoms with Crippen molar-refractivity contribution in [2.45, 2.75) is 148 Å². The van der Waals surface area contributed by atoms with Gasteiger partial charge in [-0.15, -0.1) is 0 Å². The van der Waals surface area contributed by atoms with E-state index in [1.165, 1.54) is 25.1 Å². The summed E-state index contributed by atoms with van der Waals surface area (Å²) in [5, 5.41) is 7.97. The van der Waals surface area contributed by atoms with E-state index < -0.39 is 30.2 Å². The first kappa shape index (κ1) is 46.8. The Morgan fingerprint density at radius 2 is 1.48 bits per heavy atom. The third-order valence-corrected chi connectivity index (χ3v) is 14.2. The molecule has 1 unspecified atom stereocenters. The number of Topliss-reactive ketones (excluding diaryl/α,β-unsaturated/α-hetero) is 1. The van der Waals surface area contributed by atoms with Crippen molar-refractivity contribution in [2.24, 2.45) is 0 Å². The second kappa shape index (κ2) is 20.0. The predicted octanol–water partition coefficient (Wildman–Crippen LogP) is 8.14. The fourth-order valence-electron chi connectivity index (χ4n) is 10.8. The number of likely N-dealkylation sites (tertiary alicyclic amines) is 2. The van der Waals surface area contributed by atoms with Crippen molar-refractivity contribution in [2.75, 3.05) is 37.6 Å². The maximum Gasteiger partial charge on any atom is 0.264 e. The molecule has 15 heteroatoms. The highest BCUT2D eigenvalue weighted by Gasteiger charge is 2.44. The number of carbonyl (C=O) groups excluding carboxylic acids is 6. The molecule has 13 nitrogen and oxygen atoms in total.